The van der Waals surface area contributed by atoms with Gasteiger partial charge >= 0.3 is 0 Å². The minimum Gasteiger partial charge on any atom is -0.361 e. The molecule has 0 aliphatic rings. The molecule has 34 heavy (non-hydrogen) atoms. The summed E-state index contributed by atoms with van der Waals surface area (Å²) in [5, 5.41) is 1.20. The summed E-state index contributed by atoms with van der Waals surface area (Å²) in [6, 6.07) is 16.6. The first kappa shape index (κ1) is 25.5. The van der Waals surface area contributed by atoms with Gasteiger partial charge in [0.1, 0.15) is 0 Å². The molecule has 0 bridgehead atoms. The summed E-state index contributed by atoms with van der Waals surface area (Å²) in [7, 11) is 0. The van der Waals surface area contributed by atoms with Crippen molar-refractivity contribution in [3.63, 3.8) is 0 Å². The molecule has 0 aliphatic carbocycles. The van der Waals surface area contributed by atoms with Crippen LogP contribution in [0.3, 0.4) is 0 Å². The molecule has 0 fully saturated rings. The number of H-pyrrole nitrogens is 1. The number of benzene rings is 2. The number of para-hydroxylation sites is 1. The Hall–Kier alpha value is -3.08. The highest BCUT2D eigenvalue weighted by atomic mass is 16.2. The van der Waals surface area contributed by atoms with E-state index in [-0.39, 0.29) is 18.4 Å². The zero-order valence-electron chi connectivity index (χ0n) is 21.0. The lowest BCUT2D eigenvalue weighted by Gasteiger charge is -2.28. The minimum absolute atomic E-state index is 0.0152. The molecule has 5 heteroatoms. The molecule has 1 heterocycles. The highest BCUT2D eigenvalue weighted by molar-refractivity contribution is 5.85. The van der Waals surface area contributed by atoms with E-state index in [9.17, 15) is 9.59 Å². The van der Waals surface area contributed by atoms with Crippen LogP contribution in [0.1, 0.15) is 62.6 Å². The molecule has 5 nitrogen and oxygen atoms in total. The van der Waals surface area contributed by atoms with Crippen LogP contribution in [0.4, 0.5) is 0 Å². The van der Waals surface area contributed by atoms with Crippen LogP contribution in [0.5, 0.6) is 0 Å². The van der Waals surface area contributed by atoms with Gasteiger partial charge in [-0.25, -0.2) is 0 Å². The van der Waals surface area contributed by atoms with Crippen molar-refractivity contribution in [2.24, 2.45) is 0 Å². The van der Waals surface area contributed by atoms with Crippen LogP contribution in [0.2, 0.25) is 0 Å². The number of hydrogen-bond donors (Lipinski definition) is 1. The highest BCUT2D eigenvalue weighted by Gasteiger charge is 2.21. The summed E-state index contributed by atoms with van der Waals surface area (Å²) in [5.74, 6) is 0.108. The molecule has 1 aromatic heterocycles. The predicted octanol–water partition coefficient (Wildman–Crippen LogP) is 5.87. The molecule has 0 radical (unpaired) electrons. The summed E-state index contributed by atoms with van der Waals surface area (Å²) in [6.07, 6.45) is 7.08. The summed E-state index contributed by atoms with van der Waals surface area (Å²) in [4.78, 5) is 33.3. The Morgan fingerprint density at radius 3 is 2.32 bits per heavy atom. The Labute approximate surface area is 204 Å². The highest BCUT2D eigenvalue weighted by Crippen LogP contribution is 2.19. The number of aryl methyl sites for hydroxylation is 1. The molecule has 182 valence electrons. The number of hydrogen-bond acceptors (Lipinski definition) is 2. The van der Waals surface area contributed by atoms with Gasteiger partial charge in [0.2, 0.25) is 11.8 Å². The van der Waals surface area contributed by atoms with Crippen LogP contribution < -0.4 is 0 Å². The molecular formula is C29H39N3O2. The molecule has 0 atom stereocenters. The number of aromatic nitrogens is 1. The Kier molecular flexibility index (Phi) is 9.75. The Balaban J connectivity index is 1.75. The molecule has 3 aromatic rings. The van der Waals surface area contributed by atoms with Crippen LogP contribution in [0.15, 0.2) is 54.7 Å². The standard InChI is InChI=1S/C29H39N3O2/c1-4-6-12-28(33)31(18-7-5-2)22-29(34)32(21-24-15-13-23(3)14-16-24)19-17-25-20-30-27-11-9-8-10-26(25)27/h8-11,13-16,20,30H,4-7,12,17-19,21-22H2,1-3H3. The quantitative estimate of drug-likeness (QED) is 0.346. The molecule has 1 N–H and O–H groups in total. The van der Waals surface area contributed by atoms with Gasteiger partial charge in [0.15, 0.2) is 0 Å². The first-order valence-corrected chi connectivity index (χ1v) is 12.7. The maximum atomic E-state index is 13.5. The van der Waals surface area contributed by atoms with E-state index in [1.54, 1.807) is 4.90 Å². The summed E-state index contributed by atoms with van der Waals surface area (Å²) in [6.45, 7) is 8.22. The van der Waals surface area contributed by atoms with Crippen molar-refractivity contribution in [3.8, 4) is 0 Å². The lowest BCUT2D eigenvalue weighted by Crippen LogP contribution is -2.43. The van der Waals surface area contributed by atoms with Crippen molar-refractivity contribution in [2.75, 3.05) is 19.6 Å². The summed E-state index contributed by atoms with van der Waals surface area (Å²) < 4.78 is 0. The number of nitrogens with zero attached hydrogens (tertiary/aromatic N) is 2. The SMILES string of the molecule is CCCCC(=O)N(CCCC)CC(=O)N(CCc1c[nH]c2ccccc12)Cc1ccc(C)cc1. The normalized spacial score (nSPS) is 11.0. The summed E-state index contributed by atoms with van der Waals surface area (Å²) >= 11 is 0. The zero-order valence-corrected chi connectivity index (χ0v) is 21.0. The van der Waals surface area contributed by atoms with E-state index in [1.807, 2.05) is 23.2 Å². The van der Waals surface area contributed by atoms with Crippen LogP contribution >= 0.6 is 0 Å². The van der Waals surface area contributed by atoms with Crippen molar-refractivity contribution in [2.45, 2.75) is 65.8 Å². The Bertz CT molecular complexity index is 1050. The fraction of sp³-hybridized carbons (Fsp3) is 0.448. The third-order valence-corrected chi connectivity index (χ3v) is 6.38. The maximum absolute atomic E-state index is 13.5. The van der Waals surface area contributed by atoms with E-state index in [1.165, 1.54) is 16.5 Å². The van der Waals surface area contributed by atoms with E-state index in [0.717, 1.165) is 43.2 Å². The van der Waals surface area contributed by atoms with Crippen molar-refractivity contribution < 1.29 is 9.59 Å². The average molecular weight is 462 g/mol. The van der Waals surface area contributed by atoms with Crippen LogP contribution in [0.25, 0.3) is 10.9 Å². The zero-order chi connectivity index (χ0) is 24.3. The number of nitrogens with one attached hydrogen (secondary N) is 1. The molecule has 0 unspecified atom stereocenters. The molecular weight excluding hydrogens is 422 g/mol. The van der Waals surface area contributed by atoms with Gasteiger partial charge < -0.3 is 14.8 Å². The first-order chi connectivity index (χ1) is 16.5. The number of rotatable bonds is 13. The fourth-order valence-corrected chi connectivity index (χ4v) is 4.19. The van der Waals surface area contributed by atoms with E-state index >= 15 is 0 Å². The van der Waals surface area contributed by atoms with Crippen LogP contribution in [0, 0.1) is 6.92 Å². The lowest BCUT2D eigenvalue weighted by atomic mass is 10.1. The number of unbranched alkanes of at least 4 members (excludes halogenated alkanes) is 2. The van der Waals surface area contributed by atoms with Gasteiger partial charge in [-0.15, -0.1) is 0 Å². The van der Waals surface area contributed by atoms with E-state index in [2.05, 4.69) is 62.2 Å². The third kappa shape index (κ3) is 7.21. The molecule has 0 saturated heterocycles. The van der Waals surface area contributed by atoms with Gasteiger partial charge in [-0.3, -0.25) is 9.59 Å². The van der Waals surface area contributed by atoms with Gasteiger partial charge in [-0.05, 0) is 43.4 Å². The van der Waals surface area contributed by atoms with Crippen molar-refractivity contribution in [1.29, 1.82) is 0 Å². The van der Waals surface area contributed by atoms with Crippen molar-refractivity contribution in [3.05, 3.63) is 71.4 Å². The Morgan fingerprint density at radius 2 is 1.59 bits per heavy atom. The van der Waals surface area contributed by atoms with Crippen molar-refractivity contribution in [1.82, 2.24) is 14.8 Å². The molecule has 0 saturated carbocycles. The topological polar surface area (TPSA) is 56.4 Å². The first-order valence-electron chi connectivity index (χ1n) is 12.7. The number of amides is 2. The number of carbonyl (C=O) groups is 2. The van der Waals surface area contributed by atoms with Gasteiger partial charge in [0.05, 0.1) is 6.54 Å². The second kappa shape index (κ2) is 13.0. The van der Waals surface area contributed by atoms with Gasteiger partial charge in [0, 0.05) is 43.2 Å². The number of fused-ring (bicyclic) bond motifs is 1. The number of carbonyl (C=O) groups excluding carboxylic acids is 2. The molecule has 0 spiro atoms. The largest absolute Gasteiger partial charge is 0.361 e. The predicted molar refractivity (Wildman–Crippen MR) is 140 cm³/mol. The summed E-state index contributed by atoms with van der Waals surface area (Å²) in [5.41, 5.74) is 4.63. The average Bonchev–Trinajstić information content (AvgIpc) is 3.27. The third-order valence-electron chi connectivity index (χ3n) is 6.38. The minimum atomic E-state index is 0.0152. The second-order valence-corrected chi connectivity index (χ2v) is 9.18. The maximum Gasteiger partial charge on any atom is 0.242 e. The molecule has 2 aromatic carbocycles. The molecule has 3 rings (SSSR count). The fourth-order valence-electron chi connectivity index (χ4n) is 4.19. The monoisotopic (exact) mass is 461 g/mol. The second-order valence-electron chi connectivity index (χ2n) is 9.18. The molecule has 2 amide bonds. The Morgan fingerprint density at radius 1 is 0.853 bits per heavy atom. The van der Waals surface area contributed by atoms with Crippen molar-refractivity contribution >= 4 is 22.7 Å². The smallest absolute Gasteiger partial charge is 0.242 e. The lowest BCUT2D eigenvalue weighted by molar-refractivity contribution is -0.141. The van der Waals surface area contributed by atoms with Crippen LogP contribution in [-0.4, -0.2) is 46.2 Å². The van der Waals surface area contributed by atoms with Crippen LogP contribution in [-0.2, 0) is 22.6 Å². The molecule has 0 aliphatic heterocycles. The van der Waals surface area contributed by atoms with Gasteiger partial charge in [0.25, 0.3) is 0 Å². The van der Waals surface area contributed by atoms with E-state index in [4.69, 9.17) is 0 Å². The number of aromatic amines is 1. The van der Waals surface area contributed by atoms with Gasteiger partial charge in [-0.1, -0.05) is 74.7 Å². The van der Waals surface area contributed by atoms with Gasteiger partial charge in [-0.2, -0.15) is 0 Å². The van der Waals surface area contributed by atoms with E-state index < -0.39 is 0 Å². The van der Waals surface area contributed by atoms with E-state index in [0.29, 0.717) is 26.1 Å².